The number of aromatic nitrogens is 1. The van der Waals surface area contributed by atoms with Gasteiger partial charge in [-0.2, -0.15) is 0 Å². The Hall–Kier alpha value is -2.52. The Bertz CT molecular complexity index is 884. The van der Waals surface area contributed by atoms with Gasteiger partial charge in [-0.25, -0.2) is 18.6 Å². The second-order valence-corrected chi connectivity index (χ2v) is 5.81. The first kappa shape index (κ1) is 19.8. The van der Waals surface area contributed by atoms with Crippen molar-refractivity contribution >= 4 is 22.6 Å². The molecule has 1 aromatic heterocycles. The number of fused-ring (bicyclic) bond motifs is 1. The highest BCUT2D eigenvalue weighted by atomic mass is 19.1. The van der Waals surface area contributed by atoms with Crippen molar-refractivity contribution in [3.05, 3.63) is 39.7 Å². The topological polar surface area (TPSA) is 103 Å². The van der Waals surface area contributed by atoms with Gasteiger partial charge in [-0.3, -0.25) is 10.6 Å². The maximum Gasteiger partial charge on any atom is 0.341 e. The van der Waals surface area contributed by atoms with E-state index in [1.165, 1.54) is 4.90 Å². The Balaban J connectivity index is 0.00000117. The van der Waals surface area contributed by atoms with Crippen molar-refractivity contribution in [2.24, 2.45) is 5.84 Å². The third-order valence-electron chi connectivity index (χ3n) is 4.27. The first-order chi connectivity index (χ1) is 12.3. The number of benzene rings is 1. The van der Waals surface area contributed by atoms with Crippen LogP contribution in [0.2, 0.25) is 0 Å². The van der Waals surface area contributed by atoms with Gasteiger partial charge in [0, 0.05) is 31.9 Å². The van der Waals surface area contributed by atoms with Crippen LogP contribution in [0.15, 0.2) is 17.1 Å². The van der Waals surface area contributed by atoms with Gasteiger partial charge in [0.15, 0.2) is 5.82 Å². The molecular weight excluding hydrogens is 346 g/mol. The van der Waals surface area contributed by atoms with E-state index < -0.39 is 28.6 Å². The van der Waals surface area contributed by atoms with Crippen LogP contribution in [0, 0.1) is 11.6 Å². The van der Waals surface area contributed by atoms with Crippen LogP contribution in [0.5, 0.6) is 0 Å². The van der Waals surface area contributed by atoms with E-state index in [-0.39, 0.29) is 22.6 Å². The number of aromatic amines is 1. The summed E-state index contributed by atoms with van der Waals surface area (Å²) in [5, 5.41) is 10.2. The zero-order valence-electron chi connectivity index (χ0n) is 14.8. The predicted octanol–water partition coefficient (Wildman–Crippen LogP) is 1.91. The van der Waals surface area contributed by atoms with Crippen molar-refractivity contribution in [1.29, 1.82) is 0 Å². The normalized spacial score (nSPS) is 17.8. The van der Waals surface area contributed by atoms with Crippen LogP contribution in [0.25, 0.3) is 10.9 Å². The molecule has 26 heavy (non-hydrogen) atoms. The largest absolute Gasteiger partial charge is 0.477 e. The van der Waals surface area contributed by atoms with Gasteiger partial charge in [-0.05, 0) is 13.0 Å². The van der Waals surface area contributed by atoms with Crippen molar-refractivity contribution in [3.63, 3.8) is 0 Å². The van der Waals surface area contributed by atoms with Crippen LogP contribution in [0.1, 0.15) is 31.1 Å². The molecule has 1 saturated heterocycles. The van der Waals surface area contributed by atoms with Crippen LogP contribution < -0.4 is 16.2 Å². The van der Waals surface area contributed by atoms with Crippen LogP contribution in [-0.4, -0.2) is 46.7 Å². The van der Waals surface area contributed by atoms with Gasteiger partial charge >= 0.3 is 5.97 Å². The molecule has 1 aliphatic heterocycles. The number of nitrogens with one attached hydrogen (secondary N) is 1. The number of H-pyrrole nitrogens is 1. The van der Waals surface area contributed by atoms with Crippen LogP contribution in [0.3, 0.4) is 0 Å². The molecule has 3 rings (SSSR count). The number of rotatable bonds is 2. The molecule has 2 heterocycles. The number of hydrogen-bond acceptors (Lipinski definition) is 5. The van der Waals surface area contributed by atoms with Crippen LogP contribution in [0.4, 0.5) is 14.5 Å². The quantitative estimate of drug-likeness (QED) is 0.700. The molecule has 0 saturated carbocycles. The Morgan fingerprint density at radius 2 is 2.00 bits per heavy atom. The number of carbonyl (C=O) groups is 1. The first-order valence-corrected chi connectivity index (χ1v) is 8.34. The molecule has 4 N–H and O–H groups in total. The molecule has 7 nitrogen and oxygen atoms in total. The number of pyridine rings is 1. The van der Waals surface area contributed by atoms with Gasteiger partial charge < -0.3 is 15.0 Å². The van der Waals surface area contributed by atoms with Crippen molar-refractivity contribution in [2.75, 3.05) is 24.5 Å². The van der Waals surface area contributed by atoms with E-state index in [1.807, 2.05) is 20.8 Å². The third kappa shape index (κ3) is 3.40. The maximum absolute atomic E-state index is 14.8. The van der Waals surface area contributed by atoms with Gasteiger partial charge in [-0.1, -0.05) is 13.8 Å². The molecule has 9 heteroatoms. The SMILES string of the molecule is CC.CC1CN(c2c(F)cc3c(=O)c(C(=O)O)c[nH]c3c2F)CCN1N. The number of anilines is 1. The Morgan fingerprint density at radius 3 is 2.58 bits per heavy atom. The molecule has 1 unspecified atom stereocenters. The minimum atomic E-state index is -1.46. The van der Waals surface area contributed by atoms with Gasteiger partial charge in [0.25, 0.3) is 0 Å². The number of nitrogens with zero attached hydrogens (tertiary/aromatic N) is 2. The average molecular weight is 368 g/mol. The molecule has 0 amide bonds. The van der Waals surface area contributed by atoms with E-state index in [4.69, 9.17) is 10.9 Å². The molecule has 1 aliphatic rings. The van der Waals surface area contributed by atoms with Crippen LogP contribution >= 0.6 is 0 Å². The summed E-state index contributed by atoms with van der Waals surface area (Å²) in [5.41, 5.74) is -1.97. The fourth-order valence-electron chi connectivity index (χ4n) is 2.91. The zero-order valence-corrected chi connectivity index (χ0v) is 14.8. The highest BCUT2D eigenvalue weighted by molar-refractivity contribution is 5.93. The monoisotopic (exact) mass is 368 g/mol. The van der Waals surface area contributed by atoms with Gasteiger partial charge in [-0.15, -0.1) is 0 Å². The molecule has 0 spiro atoms. The molecule has 1 fully saturated rings. The Labute approximate surface area is 149 Å². The van der Waals surface area contributed by atoms with Crippen molar-refractivity contribution in [3.8, 4) is 0 Å². The first-order valence-electron chi connectivity index (χ1n) is 8.34. The van der Waals surface area contributed by atoms with Gasteiger partial charge in [0.2, 0.25) is 5.43 Å². The second-order valence-electron chi connectivity index (χ2n) is 5.81. The van der Waals surface area contributed by atoms with Crippen molar-refractivity contribution in [1.82, 2.24) is 9.99 Å². The lowest BCUT2D eigenvalue weighted by atomic mass is 10.1. The maximum atomic E-state index is 14.8. The number of hydrogen-bond donors (Lipinski definition) is 3. The van der Waals surface area contributed by atoms with E-state index in [0.29, 0.717) is 19.6 Å². The molecular formula is C17H22F2N4O3. The zero-order chi connectivity index (χ0) is 19.6. The smallest absolute Gasteiger partial charge is 0.341 e. The minimum Gasteiger partial charge on any atom is -0.477 e. The molecule has 1 atom stereocenters. The number of carboxylic acid groups (broad SMARTS) is 1. The van der Waals surface area contributed by atoms with E-state index in [9.17, 15) is 18.4 Å². The lowest BCUT2D eigenvalue weighted by Gasteiger charge is -2.38. The summed E-state index contributed by atoms with van der Waals surface area (Å²) in [7, 11) is 0. The van der Waals surface area contributed by atoms with E-state index in [0.717, 1.165) is 12.3 Å². The number of aromatic carboxylic acids is 1. The molecule has 1 aromatic carbocycles. The van der Waals surface area contributed by atoms with Crippen molar-refractivity contribution < 1.29 is 18.7 Å². The number of hydrazine groups is 1. The third-order valence-corrected chi connectivity index (χ3v) is 4.27. The molecule has 0 radical (unpaired) electrons. The number of nitrogens with two attached hydrogens (primary N) is 1. The summed E-state index contributed by atoms with van der Waals surface area (Å²) < 4.78 is 29.3. The summed E-state index contributed by atoms with van der Waals surface area (Å²) in [6.45, 7) is 6.93. The highest BCUT2D eigenvalue weighted by Crippen LogP contribution is 2.30. The molecule has 142 valence electrons. The standard InChI is InChI=1S/C15H16F2N4O3.C2H6/c1-7-6-20(2-3-21(7)18)13-10(16)4-8-12(11(13)17)19-5-9(14(8)22)15(23)24;1-2/h4-5,7H,2-3,6,18H2,1H3,(H,19,22)(H,23,24);1-2H3. The fraction of sp³-hybridized carbons (Fsp3) is 0.412. The Kier molecular flexibility index (Phi) is 5.94. The summed E-state index contributed by atoms with van der Waals surface area (Å²) in [6.07, 6.45) is 0.915. The minimum absolute atomic E-state index is 0.0957. The van der Waals surface area contributed by atoms with E-state index in [2.05, 4.69) is 4.98 Å². The van der Waals surface area contributed by atoms with Crippen molar-refractivity contribution in [2.45, 2.75) is 26.8 Å². The molecule has 2 aromatic rings. The van der Waals surface area contributed by atoms with E-state index in [1.54, 1.807) is 5.01 Å². The molecule has 0 bridgehead atoms. The second kappa shape index (κ2) is 7.79. The summed E-state index contributed by atoms with van der Waals surface area (Å²) in [4.78, 5) is 27.1. The summed E-state index contributed by atoms with van der Waals surface area (Å²) >= 11 is 0. The van der Waals surface area contributed by atoms with Crippen LogP contribution in [-0.2, 0) is 0 Å². The summed E-state index contributed by atoms with van der Waals surface area (Å²) in [5.74, 6) is 2.47. The highest BCUT2D eigenvalue weighted by Gasteiger charge is 2.28. The van der Waals surface area contributed by atoms with Gasteiger partial charge in [0.1, 0.15) is 17.1 Å². The number of piperazine rings is 1. The average Bonchev–Trinajstić information content (AvgIpc) is 2.60. The molecule has 0 aliphatic carbocycles. The Morgan fingerprint density at radius 1 is 1.35 bits per heavy atom. The van der Waals surface area contributed by atoms with Gasteiger partial charge in [0.05, 0.1) is 10.9 Å². The summed E-state index contributed by atoms with van der Waals surface area (Å²) in [6, 6.07) is 0.778. The lowest BCUT2D eigenvalue weighted by molar-refractivity contribution is 0.0695. The number of carboxylic acids is 1. The fourth-order valence-corrected chi connectivity index (χ4v) is 2.91. The lowest BCUT2D eigenvalue weighted by Crippen LogP contribution is -2.55. The van der Waals surface area contributed by atoms with E-state index >= 15 is 0 Å². The number of halogens is 2. The predicted molar refractivity (Wildman–Crippen MR) is 95.4 cm³/mol.